The Morgan fingerprint density at radius 2 is 1.62 bits per heavy atom. The predicted octanol–water partition coefficient (Wildman–Crippen LogP) is 4.72. The van der Waals surface area contributed by atoms with Gasteiger partial charge in [0.25, 0.3) is 0 Å². The first-order valence-corrected chi connectivity index (χ1v) is 11.8. The summed E-state index contributed by atoms with van der Waals surface area (Å²) in [5, 5.41) is 0. The Morgan fingerprint density at radius 1 is 1.00 bits per heavy atom. The second-order valence-corrected chi connectivity index (χ2v) is 8.68. The number of hydrogen-bond acceptors (Lipinski definition) is 7. The Labute approximate surface area is 201 Å². The van der Waals surface area contributed by atoms with Crippen molar-refractivity contribution in [1.82, 2.24) is 0 Å². The summed E-state index contributed by atoms with van der Waals surface area (Å²) in [5.74, 6) is -0.816. The maximum atomic E-state index is 12.4. The lowest BCUT2D eigenvalue weighted by Crippen LogP contribution is -2.28. The lowest BCUT2D eigenvalue weighted by atomic mass is 9.95. The van der Waals surface area contributed by atoms with E-state index < -0.39 is 5.97 Å². The van der Waals surface area contributed by atoms with Gasteiger partial charge < -0.3 is 25.7 Å². The molecule has 1 saturated carbocycles. The van der Waals surface area contributed by atoms with Crippen molar-refractivity contribution in [2.45, 2.75) is 57.7 Å². The van der Waals surface area contributed by atoms with Gasteiger partial charge in [0, 0.05) is 30.0 Å². The summed E-state index contributed by atoms with van der Waals surface area (Å²) in [4.78, 5) is 24.5. The zero-order valence-corrected chi connectivity index (χ0v) is 19.9. The molecule has 34 heavy (non-hydrogen) atoms. The van der Waals surface area contributed by atoms with E-state index in [4.69, 9.17) is 25.7 Å². The van der Waals surface area contributed by atoms with E-state index >= 15 is 0 Å². The minimum absolute atomic E-state index is 0.0392. The molecule has 0 aromatic heterocycles. The number of benzene rings is 2. The van der Waals surface area contributed by atoms with Crippen molar-refractivity contribution in [1.29, 1.82) is 0 Å². The number of esters is 2. The van der Waals surface area contributed by atoms with E-state index in [1.54, 1.807) is 36.4 Å². The van der Waals surface area contributed by atoms with Crippen LogP contribution in [0.2, 0.25) is 0 Å². The highest BCUT2D eigenvalue weighted by Crippen LogP contribution is 2.25. The molecule has 0 aliphatic heterocycles. The van der Waals surface area contributed by atoms with Crippen LogP contribution in [-0.2, 0) is 19.0 Å². The molecule has 1 unspecified atom stereocenters. The summed E-state index contributed by atoms with van der Waals surface area (Å²) >= 11 is 0. The largest absolute Gasteiger partial charge is 0.462 e. The first kappa shape index (κ1) is 25.3. The maximum Gasteiger partial charge on any atom is 0.338 e. The highest BCUT2D eigenvalue weighted by molar-refractivity contribution is 5.90. The molecule has 0 radical (unpaired) electrons. The summed E-state index contributed by atoms with van der Waals surface area (Å²) in [6, 6.07) is 12.3. The summed E-state index contributed by atoms with van der Waals surface area (Å²) in [6.45, 7) is 4.86. The van der Waals surface area contributed by atoms with Crippen molar-refractivity contribution in [3.63, 3.8) is 0 Å². The molecular weight excluding hydrogens is 432 g/mol. The molecule has 4 N–H and O–H groups in total. The van der Waals surface area contributed by atoms with Gasteiger partial charge in [-0.15, -0.1) is 0 Å². The molecule has 1 aliphatic rings. The van der Waals surface area contributed by atoms with Crippen LogP contribution in [0.15, 0.2) is 48.5 Å². The van der Waals surface area contributed by atoms with Crippen LogP contribution in [0.1, 0.15) is 66.9 Å². The summed E-state index contributed by atoms with van der Waals surface area (Å²) < 4.78 is 16.6. The SMILES string of the molecule is CCOC1CCC(OC(=O)c2ccc(C=CC(=O)OCC(C)c3cc(N)cc(N)c3)cc2)CC1. The number of nitrogens with two attached hydrogens (primary N) is 2. The van der Waals surface area contributed by atoms with Gasteiger partial charge in [-0.25, -0.2) is 9.59 Å². The number of rotatable bonds is 9. The van der Waals surface area contributed by atoms with Crippen molar-refractivity contribution >= 4 is 29.4 Å². The molecule has 0 heterocycles. The van der Waals surface area contributed by atoms with Crippen molar-refractivity contribution in [3.8, 4) is 0 Å². The fourth-order valence-corrected chi connectivity index (χ4v) is 4.00. The highest BCUT2D eigenvalue weighted by atomic mass is 16.5. The Morgan fingerprint density at radius 3 is 2.24 bits per heavy atom. The van der Waals surface area contributed by atoms with Crippen LogP contribution in [0, 0.1) is 0 Å². The Kier molecular flexibility index (Phi) is 9.10. The number of hydrogen-bond donors (Lipinski definition) is 2. The predicted molar refractivity (Wildman–Crippen MR) is 133 cm³/mol. The average molecular weight is 467 g/mol. The van der Waals surface area contributed by atoms with Crippen LogP contribution < -0.4 is 11.5 Å². The third-order valence-electron chi connectivity index (χ3n) is 5.90. The van der Waals surface area contributed by atoms with Gasteiger partial charge >= 0.3 is 11.9 Å². The molecule has 7 heteroatoms. The second kappa shape index (κ2) is 12.2. The molecular formula is C27H34N2O5. The number of carbonyl (C=O) groups is 2. The Bertz CT molecular complexity index is 974. The van der Waals surface area contributed by atoms with Gasteiger partial charge in [-0.2, -0.15) is 0 Å². The first-order chi connectivity index (χ1) is 16.3. The quantitative estimate of drug-likeness (QED) is 0.312. The molecule has 0 amide bonds. The number of carbonyl (C=O) groups excluding carboxylic acids is 2. The summed E-state index contributed by atoms with van der Waals surface area (Å²) in [5.41, 5.74) is 15.0. The molecule has 7 nitrogen and oxygen atoms in total. The van der Waals surface area contributed by atoms with E-state index in [2.05, 4.69) is 0 Å². The van der Waals surface area contributed by atoms with Gasteiger partial charge in [0.05, 0.1) is 18.3 Å². The zero-order chi connectivity index (χ0) is 24.5. The van der Waals surface area contributed by atoms with Crippen molar-refractivity contribution < 1.29 is 23.8 Å². The van der Waals surface area contributed by atoms with Crippen molar-refractivity contribution in [3.05, 3.63) is 65.2 Å². The Balaban J connectivity index is 1.44. The first-order valence-electron chi connectivity index (χ1n) is 11.8. The molecule has 2 aromatic rings. The molecule has 0 saturated heterocycles. The molecule has 1 fully saturated rings. The van der Waals surface area contributed by atoms with Gasteiger partial charge in [-0.05, 0) is 80.1 Å². The van der Waals surface area contributed by atoms with Crippen LogP contribution in [-0.4, -0.2) is 37.4 Å². The lowest BCUT2D eigenvalue weighted by Gasteiger charge is -2.28. The summed E-state index contributed by atoms with van der Waals surface area (Å²) in [6.07, 6.45) is 6.70. The fourth-order valence-electron chi connectivity index (χ4n) is 4.00. The monoisotopic (exact) mass is 466 g/mol. The minimum Gasteiger partial charge on any atom is -0.462 e. The molecule has 1 aliphatic carbocycles. The van der Waals surface area contributed by atoms with Gasteiger partial charge in [-0.1, -0.05) is 19.1 Å². The smallest absolute Gasteiger partial charge is 0.338 e. The van der Waals surface area contributed by atoms with Crippen LogP contribution in [0.5, 0.6) is 0 Å². The zero-order valence-electron chi connectivity index (χ0n) is 19.9. The van der Waals surface area contributed by atoms with E-state index in [9.17, 15) is 9.59 Å². The molecule has 2 aromatic carbocycles. The maximum absolute atomic E-state index is 12.4. The van der Waals surface area contributed by atoms with Crippen LogP contribution >= 0.6 is 0 Å². The van der Waals surface area contributed by atoms with Crippen LogP contribution in [0.25, 0.3) is 6.08 Å². The minimum atomic E-state index is -0.449. The molecule has 0 spiro atoms. The molecule has 0 bridgehead atoms. The van der Waals surface area contributed by atoms with Crippen molar-refractivity contribution in [2.75, 3.05) is 24.7 Å². The van der Waals surface area contributed by atoms with E-state index in [1.165, 1.54) is 6.08 Å². The fraction of sp³-hybridized carbons (Fsp3) is 0.407. The van der Waals surface area contributed by atoms with E-state index in [-0.39, 0.29) is 30.7 Å². The van der Waals surface area contributed by atoms with Crippen LogP contribution in [0.4, 0.5) is 11.4 Å². The third-order valence-corrected chi connectivity index (χ3v) is 5.90. The van der Waals surface area contributed by atoms with Gasteiger partial charge in [-0.3, -0.25) is 0 Å². The normalized spacial score (nSPS) is 19.0. The number of anilines is 2. The molecule has 3 rings (SSSR count). The van der Waals surface area contributed by atoms with Gasteiger partial charge in [0.1, 0.15) is 6.10 Å². The third kappa shape index (κ3) is 7.63. The van der Waals surface area contributed by atoms with E-state index in [0.29, 0.717) is 23.5 Å². The standard InChI is InChI=1S/C27H34N2O5/c1-3-32-24-9-11-25(12-10-24)34-27(31)20-7-4-19(5-8-20)6-13-26(30)33-17-18(2)21-14-22(28)16-23(29)15-21/h4-8,13-16,18,24-25H,3,9-12,17,28-29H2,1-2H3. The Hall–Kier alpha value is -3.32. The van der Waals surface area contributed by atoms with Gasteiger partial charge in [0.2, 0.25) is 0 Å². The van der Waals surface area contributed by atoms with E-state index in [0.717, 1.165) is 36.8 Å². The topological polar surface area (TPSA) is 114 Å². The van der Waals surface area contributed by atoms with Gasteiger partial charge in [0.15, 0.2) is 0 Å². The second-order valence-electron chi connectivity index (χ2n) is 8.68. The lowest BCUT2D eigenvalue weighted by molar-refractivity contribution is -0.138. The molecule has 182 valence electrons. The van der Waals surface area contributed by atoms with Crippen molar-refractivity contribution in [2.24, 2.45) is 0 Å². The molecule has 1 atom stereocenters. The van der Waals surface area contributed by atoms with Crippen LogP contribution in [0.3, 0.4) is 0 Å². The number of ether oxygens (including phenoxy) is 3. The van der Waals surface area contributed by atoms with E-state index in [1.807, 2.05) is 26.0 Å². The highest BCUT2D eigenvalue weighted by Gasteiger charge is 2.24. The number of nitrogen functional groups attached to an aromatic ring is 2. The summed E-state index contributed by atoms with van der Waals surface area (Å²) in [7, 11) is 0. The average Bonchev–Trinajstić information content (AvgIpc) is 2.82.